The summed E-state index contributed by atoms with van der Waals surface area (Å²) >= 11 is 0. The first-order valence-corrected chi connectivity index (χ1v) is 10.1. The van der Waals surface area contributed by atoms with Crippen LogP contribution in [0.25, 0.3) is 22.3 Å². The zero-order chi connectivity index (χ0) is 24.4. The Labute approximate surface area is 193 Å². The van der Waals surface area contributed by atoms with Crippen LogP contribution in [0.2, 0.25) is 0 Å². The summed E-state index contributed by atoms with van der Waals surface area (Å²) in [7, 11) is 0. The molecule has 0 aliphatic carbocycles. The lowest BCUT2D eigenvalue weighted by Gasteiger charge is -2.14. The van der Waals surface area contributed by atoms with Crippen molar-refractivity contribution in [2.45, 2.75) is 0 Å². The van der Waals surface area contributed by atoms with Crippen molar-refractivity contribution in [2.24, 2.45) is 0 Å². The SMILES string of the molecule is Nc1ccc([N+](=O)[O-])cc1-c1ccccc1C(=O)c1ccccc1-c1cc([N+](=O)[O-])ccc1N. The molecule has 0 amide bonds. The van der Waals surface area contributed by atoms with Crippen molar-refractivity contribution < 1.29 is 14.6 Å². The topological polar surface area (TPSA) is 155 Å². The van der Waals surface area contributed by atoms with Gasteiger partial charge in [0.15, 0.2) is 5.78 Å². The molecule has 0 atom stereocenters. The summed E-state index contributed by atoms with van der Waals surface area (Å²) in [6, 6.07) is 21.4. The van der Waals surface area contributed by atoms with E-state index in [4.69, 9.17) is 11.5 Å². The van der Waals surface area contributed by atoms with E-state index in [0.29, 0.717) is 22.3 Å². The zero-order valence-corrected chi connectivity index (χ0v) is 17.7. The number of carbonyl (C=O) groups excluding carboxylic acids is 1. The van der Waals surface area contributed by atoms with Gasteiger partial charge in [-0.25, -0.2) is 0 Å². The summed E-state index contributed by atoms with van der Waals surface area (Å²) in [6.07, 6.45) is 0. The van der Waals surface area contributed by atoms with Gasteiger partial charge in [-0.1, -0.05) is 48.5 Å². The molecule has 4 aromatic carbocycles. The van der Waals surface area contributed by atoms with Gasteiger partial charge in [-0.15, -0.1) is 0 Å². The molecule has 0 radical (unpaired) electrons. The van der Waals surface area contributed by atoms with Crippen LogP contribution in [0.4, 0.5) is 22.7 Å². The van der Waals surface area contributed by atoms with Crippen molar-refractivity contribution in [3.63, 3.8) is 0 Å². The molecular formula is C25H18N4O5. The first kappa shape index (κ1) is 22.2. The maximum atomic E-state index is 13.7. The van der Waals surface area contributed by atoms with E-state index in [0.717, 1.165) is 0 Å². The van der Waals surface area contributed by atoms with E-state index in [1.54, 1.807) is 48.5 Å². The number of hydrogen-bond donors (Lipinski definition) is 2. The number of carbonyl (C=O) groups is 1. The number of nitro groups is 2. The lowest BCUT2D eigenvalue weighted by molar-refractivity contribution is -0.385. The number of hydrogen-bond acceptors (Lipinski definition) is 7. The molecule has 0 aromatic heterocycles. The predicted molar refractivity (Wildman–Crippen MR) is 129 cm³/mol. The van der Waals surface area contributed by atoms with Gasteiger partial charge in [0, 0.05) is 57.9 Å². The van der Waals surface area contributed by atoms with E-state index in [2.05, 4.69) is 0 Å². The molecule has 34 heavy (non-hydrogen) atoms. The Morgan fingerprint density at radius 3 is 1.35 bits per heavy atom. The fourth-order valence-electron chi connectivity index (χ4n) is 3.76. The maximum absolute atomic E-state index is 13.7. The summed E-state index contributed by atoms with van der Waals surface area (Å²) in [4.78, 5) is 35.2. The van der Waals surface area contributed by atoms with Gasteiger partial charge in [0.2, 0.25) is 0 Å². The molecule has 0 unspecified atom stereocenters. The highest BCUT2D eigenvalue weighted by Gasteiger charge is 2.22. The molecule has 0 spiro atoms. The Bertz CT molecular complexity index is 1360. The van der Waals surface area contributed by atoms with Gasteiger partial charge in [-0.2, -0.15) is 0 Å². The molecule has 168 valence electrons. The number of rotatable bonds is 6. The van der Waals surface area contributed by atoms with Gasteiger partial charge < -0.3 is 11.5 Å². The van der Waals surface area contributed by atoms with Gasteiger partial charge in [0.25, 0.3) is 11.4 Å². The highest BCUT2D eigenvalue weighted by Crippen LogP contribution is 2.36. The number of nitrogens with two attached hydrogens (primary N) is 2. The Balaban J connectivity index is 1.89. The van der Waals surface area contributed by atoms with Crippen molar-refractivity contribution in [3.8, 4) is 22.3 Å². The highest BCUT2D eigenvalue weighted by atomic mass is 16.6. The van der Waals surface area contributed by atoms with Gasteiger partial charge in [-0.05, 0) is 23.3 Å². The number of nitrogen functional groups attached to an aromatic ring is 2. The first-order chi connectivity index (χ1) is 16.3. The molecule has 0 heterocycles. The normalized spacial score (nSPS) is 10.6. The molecule has 4 rings (SSSR count). The third-order valence-corrected chi connectivity index (χ3v) is 5.42. The number of nitrogens with zero attached hydrogens (tertiary/aromatic N) is 2. The number of nitro benzene ring substituents is 2. The van der Waals surface area contributed by atoms with Crippen LogP contribution in [0.3, 0.4) is 0 Å². The highest BCUT2D eigenvalue weighted by molar-refractivity contribution is 6.17. The first-order valence-electron chi connectivity index (χ1n) is 10.1. The molecule has 0 saturated carbocycles. The van der Waals surface area contributed by atoms with Crippen LogP contribution in [0.5, 0.6) is 0 Å². The largest absolute Gasteiger partial charge is 0.398 e. The molecule has 0 saturated heterocycles. The van der Waals surface area contributed by atoms with E-state index in [9.17, 15) is 25.0 Å². The predicted octanol–water partition coefficient (Wildman–Crippen LogP) is 5.23. The standard InChI is InChI=1S/C25H18N4O5/c26-23-11-9-15(28(31)32)13-21(23)17-5-1-3-7-19(17)25(30)20-8-4-2-6-18(20)22-14-16(29(33)34)10-12-24(22)27/h1-14H,26-27H2. The summed E-state index contributed by atoms with van der Waals surface area (Å²) in [6.45, 7) is 0. The van der Waals surface area contributed by atoms with Gasteiger partial charge in [0.05, 0.1) is 9.85 Å². The van der Waals surface area contributed by atoms with Crippen LogP contribution in [-0.2, 0) is 0 Å². The van der Waals surface area contributed by atoms with Crippen molar-refractivity contribution in [1.29, 1.82) is 0 Å². The second-order valence-corrected chi connectivity index (χ2v) is 7.48. The molecule has 9 nitrogen and oxygen atoms in total. The lowest BCUT2D eigenvalue weighted by atomic mass is 9.89. The minimum absolute atomic E-state index is 0.156. The molecule has 9 heteroatoms. The summed E-state index contributed by atoms with van der Waals surface area (Å²) in [5.74, 6) is -0.386. The minimum atomic E-state index is -0.534. The quantitative estimate of drug-likeness (QED) is 0.175. The monoisotopic (exact) mass is 454 g/mol. The third kappa shape index (κ3) is 4.05. The second kappa shape index (κ2) is 8.83. The second-order valence-electron chi connectivity index (χ2n) is 7.48. The number of non-ortho nitro benzene ring substituents is 2. The molecule has 0 aliphatic heterocycles. The number of benzene rings is 4. The Morgan fingerprint density at radius 2 is 0.971 bits per heavy atom. The van der Waals surface area contributed by atoms with Crippen molar-refractivity contribution in [1.82, 2.24) is 0 Å². The van der Waals surface area contributed by atoms with Crippen LogP contribution in [0.15, 0.2) is 84.9 Å². The van der Waals surface area contributed by atoms with Gasteiger partial charge >= 0.3 is 0 Å². The molecular weight excluding hydrogens is 436 g/mol. The number of anilines is 2. The lowest BCUT2D eigenvalue weighted by Crippen LogP contribution is -2.07. The average molecular weight is 454 g/mol. The third-order valence-electron chi connectivity index (χ3n) is 5.42. The Morgan fingerprint density at radius 1 is 0.588 bits per heavy atom. The van der Waals surface area contributed by atoms with Crippen LogP contribution in [0.1, 0.15) is 15.9 Å². The smallest absolute Gasteiger partial charge is 0.270 e. The van der Waals surface area contributed by atoms with Gasteiger partial charge in [-0.3, -0.25) is 25.0 Å². The molecule has 0 fully saturated rings. The summed E-state index contributed by atoms with van der Waals surface area (Å²) in [5.41, 5.74) is 14.5. The van der Waals surface area contributed by atoms with E-state index in [1.165, 1.54) is 36.4 Å². The van der Waals surface area contributed by atoms with Crippen LogP contribution in [0, 0.1) is 20.2 Å². The molecule has 0 aliphatic rings. The Hall–Kier alpha value is -5.05. The zero-order valence-electron chi connectivity index (χ0n) is 17.7. The van der Waals surface area contributed by atoms with Crippen LogP contribution >= 0.6 is 0 Å². The van der Waals surface area contributed by atoms with E-state index in [1.807, 2.05) is 0 Å². The number of ketones is 1. The average Bonchev–Trinajstić information content (AvgIpc) is 2.84. The maximum Gasteiger partial charge on any atom is 0.270 e. The van der Waals surface area contributed by atoms with Crippen LogP contribution < -0.4 is 11.5 Å². The summed E-state index contributed by atoms with van der Waals surface area (Å²) in [5, 5.41) is 22.6. The molecule has 0 bridgehead atoms. The fourth-order valence-corrected chi connectivity index (χ4v) is 3.76. The van der Waals surface area contributed by atoms with Gasteiger partial charge in [0.1, 0.15) is 0 Å². The summed E-state index contributed by atoms with van der Waals surface area (Å²) < 4.78 is 0. The molecule has 4 aromatic rings. The van der Waals surface area contributed by atoms with E-state index in [-0.39, 0.29) is 39.7 Å². The molecule has 4 N–H and O–H groups in total. The van der Waals surface area contributed by atoms with E-state index < -0.39 is 9.85 Å². The Kier molecular flexibility index (Phi) is 5.75. The van der Waals surface area contributed by atoms with Crippen molar-refractivity contribution in [3.05, 3.63) is 116 Å². The van der Waals surface area contributed by atoms with Crippen molar-refractivity contribution >= 4 is 28.5 Å². The fraction of sp³-hybridized carbons (Fsp3) is 0. The van der Waals surface area contributed by atoms with Crippen molar-refractivity contribution in [2.75, 3.05) is 11.5 Å². The minimum Gasteiger partial charge on any atom is -0.398 e. The van der Waals surface area contributed by atoms with Crippen LogP contribution in [-0.4, -0.2) is 15.6 Å². The van der Waals surface area contributed by atoms with E-state index >= 15 is 0 Å².